The molecule has 0 saturated heterocycles. The van der Waals surface area contributed by atoms with Crippen molar-refractivity contribution < 1.29 is 22.0 Å². The van der Waals surface area contributed by atoms with Crippen LogP contribution in [0.4, 0.5) is 22.0 Å². The molecule has 0 amide bonds. The zero-order valence-corrected chi connectivity index (χ0v) is 8.46. The topological polar surface area (TPSA) is 3.24 Å². The Kier molecular flexibility index (Phi) is 2.60. The predicted octanol–water partition coefficient (Wildman–Crippen LogP) is 3.50. The summed E-state index contributed by atoms with van der Waals surface area (Å²) in [5, 5.41) is -0.807. The summed E-state index contributed by atoms with van der Waals surface area (Å²) < 4.78 is 67.6. The minimum atomic E-state index is -4.50. The smallest absolute Gasteiger partial charge is 0.236 e. The molecule has 2 unspecified atom stereocenters. The van der Waals surface area contributed by atoms with Gasteiger partial charge in [0.05, 0.1) is 0 Å². The Morgan fingerprint density at radius 1 is 1.06 bits per heavy atom. The number of benzene rings is 1. The van der Waals surface area contributed by atoms with Crippen molar-refractivity contribution in [1.29, 1.82) is 0 Å². The lowest BCUT2D eigenvalue weighted by Gasteiger charge is -2.40. The minimum absolute atomic E-state index is 0.279. The first-order valence-electron chi connectivity index (χ1n) is 4.80. The number of hydrogen-bond donors (Lipinski definition) is 0. The molecule has 2 atom stereocenters. The van der Waals surface area contributed by atoms with Crippen LogP contribution in [0.1, 0.15) is 5.56 Å². The predicted molar refractivity (Wildman–Crippen MR) is 51.2 cm³/mol. The Morgan fingerprint density at radius 3 is 2.24 bits per heavy atom. The van der Waals surface area contributed by atoms with Crippen molar-refractivity contribution >= 4 is 0 Å². The zero-order valence-electron chi connectivity index (χ0n) is 8.46. The maximum Gasteiger partial charge on any atom is 0.340 e. The molecule has 1 aromatic carbocycles. The van der Waals surface area contributed by atoms with E-state index >= 15 is 0 Å². The van der Waals surface area contributed by atoms with E-state index in [0.717, 1.165) is 12.1 Å². The average molecular weight is 249 g/mol. The van der Waals surface area contributed by atoms with E-state index in [1.165, 1.54) is 18.2 Å². The van der Waals surface area contributed by atoms with E-state index in [1.54, 1.807) is 0 Å². The lowest BCUT2D eigenvalue weighted by molar-refractivity contribution is -0.283. The van der Waals surface area contributed by atoms with Gasteiger partial charge in [0.1, 0.15) is 0 Å². The lowest BCUT2D eigenvalue weighted by atomic mass is 9.92. The van der Waals surface area contributed by atoms with Gasteiger partial charge in [0, 0.05) is 11.8 Å². The SMILES string of the molecule is FC1C=CN(F)C(F)(c2ccccc2)C1(F)F. The molecule has 0 aliphatic carbocycles. The highest BCUT2D eigenvalue weighted by atomic mass is 19.3. The van der Waals surface area contributed by atoms with Crippen LogP contribution in [0.3, 0.4) is 0 Å². The Morgan fingerprint density at radius 2 is 1.65 bits per heavy atom. The Bertz CT molecular complexity index is 433. The Balaban J connectivity index is 2.58. The lowest BCUT2D eigenvalue weighted by Crippen LogP contribution is -2.56. The number of halogens is 5. The fourth-order valence-electron chi connectivity index (χ4n) is 1.67. The summed E-state index contributed by atoms with van der Waals surface area (Å²) in [5.74, 6) is -8.33. The molecule has 0 aromatic heterocycles. The molecule has 1 heterocycles. The first-order chi connectivity index (χ1) is 7.90. The Hall–Kier alpha value is -1.59. The summed E-state index contributed by atoms with van der Waals surface area (Å²) in [6.45, 7) is 0. The van der Waals surface area contributed by atoms with Crippen molar-refractivity contribution in [2.45, 2.75) is 17.9 Å². The Labute approximate surface area is 94.1 Å². The van der Waals surface area contributed by atoms with Gasteiger partial charge in [-0.1, -0.05) is 34.8 Å². The molecule has 1 aromatic rings. The summed E-state index contributed by atoms with van der Waals surface area (Å²) in [4.78, 5) is 0. The van der Waals surface area contributed by atoms with Crippen molar-refractivity contribution in [1.82, 2.24) is 5.12 Å². The van der Waals surface area contributed by atoms with Crippen LogP contribution in [0.15, 0.2) is 42.6 Å². The maximum absolute atomic E-state index is 14.2. The van der Waals surface area contributed by atoms with Gasteiger partial charge in [-0.15, -0.1) is 0 Å². The average Bonchev–Trinajstić information content (AvgIpc) is 2.33. The molecular formula is C11H8F5N. The van der Waals surface area contributed by atoms with Gasteiger partial charge >= 0.3 is 11.7 Å². The van der Waals surface area contributed by atoms with E-state index < -0.39 is 28.6 Å². The highest BCUT2D eigenvalue weighted by molar-refractivity contribution is 5.28. The normalized spacial score (nSPS) is 31.6. The summed E-state index contributed by atoms with van der Waals surface area (Å²) in [5.41, 5.74) is -0.639. The molecule has 0 radical (unpaired) electrons. The molecule has 1 aliphatic heterocycles. The third-order valence-corrected chi connectivity index (χ3v) is 2.62. The first-order valence-corrected chi connectivity index (χ1v) is 4.80. The molecule has 0 saturated carbocycles. The maximum atomic E-state index is 14.2. The standard InChI is InChI=1S/C11H8F5N/c12-9-6-7-17(16)11(15,10(9,13)14)8-4-2-1-3-5-8/h1-7,9H. The molecule has 2 rings (SSSR count). The highest BCUT2D eigenvalue weighted by Crippen LogP contribution is 2.50. The van der Waals surface area contributed by atoms with Gasteiger partial charge in [0.15, 0.2) is 6.17 Å². The van der Waals surface area contributed by atoms with Gasteiger partial charge < -0.3 is 0 Å². The molecule has 1 aliphatic rings. The molecule has 1 nitrogen and oxygen atoms in total. The van der Waals surface area contributed by atoms with Crippen molar-refractivity contribution in [3.8, 4) is 0 Å². The molecule has 0 spiro atoms. The monoisotopic (exact) mass is 249 g/mol. The number of nitrogens with zero attached hydrogens (tertiary/aromatic N) is 1. The fraction of sp³-hybridized carbons (Fsp3) is 0.273. The third-order valence-electron chi connectivity index (χ3n) is 2.62. The van der Waals surface area contributed by atoms with E-state index in [2.05, 4.69) is 0 Å². The van der Waals surface area contributed by atoms with Crippen LogP contribution in [0.5, 0.6) is 0 Å². The van der Waals surface area contributed by atoms with Crippen LogP contribution in [-0.4, -0.2) is 17.2 Å². The van der Waals surface area contributed by atoms with E-state index in [-0.39, 0.29) is 6.08 Å². The van der Waals surface area contributed by atoms with Crippen molar-refractivity contribution in [3.05, 3.63) is 48.2 Å². The molecule has 17 heavy (non-hydrogen) atoms. The van der Waals surface area contributed by atoms with E-state index in [1.807, 2.05) is 0 Å². The minimum Gasteiger partial charge on any atom is -0.236 e. The van der Waals surface area contributed by atoms with Crippen LogP contribution < -0.4 is 0 Å². The summed E-state index contributed by atoms with van der Waals surface area (Å²) in [6, 6.07) is 5.95. The molecule has 0 bridgehead atoms. The van der Waals surface area contributed by atoms with Gasteiger partial charge in [-0.05, 0) is 6.08 Å². The number of hydrogen-bond acceptors (Lipinski definition) is 1. The van der Waals surface area contributed by atoms with Gasteiger partial charge in [-0.3, -0.25) is 0 Å². The van der Waals surface area contributed by atoms with Crippen LogP contribution in [-0.2, 0) is 5.79 Å². The fourth-order valence-corrected chi connectivity index (χ4v) is 1.67. The molecule has 0 fully saturated rings. The van der Waals surface area contributed by atoms with Gasteiger partial charge in [0.2, 0.25) is 0 Å². The van der Waals surface area contributed by atoms with Crippen molar-refractivity contribution in [2.24, 2.45) is 0 Å². The van der Waals surface area contributed by atoms with Crippen LogP contribution >= 0.6 is 0 Å². The van der Waals surface area contributed by atoms with Crippen LogP contribution in [0.2, 0.25) is 0 Å². The van der Waals surface area contributed by atoms with E-state index in [0.29, 0.717) is 6.20 Å². The second-order valence-corrected chi connectivity index (χ2v) is 3.67. The van der Waals surface area contributed by atoms with Gasteiger partial charge in [-0.2, -0.15) is 13.9 Å². The summed E-state index contributed by atoms with van der Waals surface area (Å²) >= 11 is 0. The molecule has 92 valence electrons. The number of alkyl halides is 4. The highest BCUT2D eigenvalue weighted by Gasteiger charge is 2.66. The first kappa shape index (κ1) is 11.9. The van der Waals surface area contributed by atoms with Gasteiger partial charge in [-0.25, -0.2) is 8.78 Å². The number of rotatable bonds is 1. The zero-order chi connectivity index (χ0) is 12.7. The second kappa shape index (κ2) is 3.72. The molecular weight excluding hydrogens is 241 g/mol. The van der Waals surface area contributed by atoms with E-state index in [4.69, 9.17) is 0 Å². The summed E-state index contributed by atoms with van der Waals surface area (Å²) in [6.07, 6.45) is -2.27. The largest absolute Gasteiger partial charge is 0.340 e. The summed E-state index contributed by atoms with van der Waals surface area (Å²) in [7, 11) is 0. The molecule has 6 heteroatoms. The second-order valence-electron chi connectivity index (χ2n) is 3.67. The van der Waals surface area contributed by atoms with Crippen molar-refractivity contribution in [3.63, 3.8) is 0 Å². The van der Waals surface area contributed by atoms with Crippen LogP contribution in [0.25, 0.3) is 0 Å². The van der Waals surface area contributed by atoms with Crippen molar-refractivity contribution in [2.75, 3.05) is 0 Å². The molecule has 0 N–H and O–H groups in total. The third kappa shape index (κ3) is 1.50. The quantitative estimate of drug-likeness (QED) is 0.418. The van der Waals surface area contributed by atoms with Crippen LogP contribution in [0, 0.1) is 0 Å². The van der Waals surface area contributed by atoms with E-state index in [9.17, 15) is 22.0 Å². The number of allylic oxidation sites excluding steroid dienone is 1. The van der Waals surface area contributed by atoms with Gasteiger partial charge in [0.25, 0.3) is 0 Å².